The van der Waals surface area contributed by atoms with Gasteiger partial charge in [-0.15, -0.1) is 0 Å². The first kappa shape index (κ1) is 31.4. The predicted molar refractivity (Wildman–Crippen MR) is 140 cm³/mol. The first-order chi connectivity index (χ1) is 17.7. The van der Waals surface area contributed by atoms with Crippen molar-refractivity contribution in [3.05, 3.63) is 33.4 Å². The van der Waals surface area contributed by atoms with Gasteiger partial charge < -0.3 is 19.5 Å². The lowest BCUT2D eigenvalue weighted by atomic mass is 10.1. The van der Waals surface area contributed by atoms with E-state index in [1.54, 1.807) is 11.8 Å². The second-order valence-corrected chi connectivity index (χ2v) is 8.94. The minimum absolute atomic E-state index is 0.0540. The number of nitriles is 1. The predicted octanol–water partition coefficient (Wildman–Crippen LogP) is 6.51. The van der Waals surface area contributed by atoms with Gasteiger partial charge >= 0.3 is 11.8 Å². The number of amides is 1. The molecule has 37 heavy (non-hydrogen) atoms. The van der Waals surface area contributed by atoms with E-state index in [2.05, 4.69) is 13.8 Å². The molecule has 0 radical (unpaired) electrons. The number of hydrogen-bond donors (Lipinski definition) is 1. The van der Waals surface area contributed by atoms with Gasteiger partial charge in [-0.05, 0) is 43.9 Å². The highest BCUT2D eigenvalue weighted by atomic mass is 16.7. The molecule has 1 rings (SSSR count). The highest BCUT2D eigenvalue weighted by molar-refractivity contribution is 6.01. The largest absolute Gasteiger partial charge is 0.514 e. The third-order valence-corrected chi connectivity index (χ3v) is 5.74. The number of ether oxygens (including phenoxy) is 2. The maximum absolute atomic E-state index is 13.2. The monoisotopic (exact) mass is 517 g/mol. The number of carbonyl (C=O) groups excluding carboxylic acids is 2. The summed E-state index contributed by atoms with van der Waals surface area (Å²) in [5.74, 6) is -1.83. The number of benzene rings is 1. The first-order valence-corrected chi connectivity index (χ1v) is 13.0. The van der Waals surface area contributed by atoms with Crippen LogP contribution in [0.4, 0.5) is 10.5 Å². The molecule has 1 N–H and O–H groups in total. The summed E-state index contributed by atoms with van der Waals surface area (Å²) in [6.45, 7) is 8.81. The summed E-state index contributed by atoms with van der Waals surface area (Å²) in [5, 5.41) is 31.5. The van der Waals surface area contributed by atoms with E-state index >= 15 is 0 Å². The molecule has 0 saturated heterocycles. The van der Waals surface area contributed by atoms with Crippen LogP contribution in [0.5, 0.6) is 11.5 Å². The van der Waals surface area contributed by atoms with Crippen LogP contribution in [0, 0.1) is 21.4 Å². The van der Waals surface area contributed by atoms with Crippen LogP contribution in [0.25, 0.3) is 6.08 Å². The standard InChI is InChI=1S/C27H39N3O7/c1-5-8-11-14-29(15-12-9-6-2)26(32)22(19-28)16-21-17-23(30(34)35)25(31)24(18-21)37-27(33)36-20(4)13-10-7-3/h16-18,20,31H,5-15H2,1-4H3. The molecule has 0 aromatic heterocycles. The maximum Gasteiger partial charge on any atom is 0.514 e. The summed E-state index contributed by atoms with van der Waals surface area (Å²) in [4.78, 5) is 37.7. The van der Waals surface area contributed by atoms with Crippen molar-refractivity contribution in [1.82, 2.24) is 4.90 Å². The van der Waals surface area contributed by atoms with Crippen LogP contribution < -0.4 is 4.74 Å². The summed E-state index contributed by atoms with van der Waals surface area (Å²) >= 11 is 0. The average molecular weight is 518 g/mol. The van der Waals surface area contributed by atoms with Gasteiger partial charge in [0, 0.05) is 19.2 Å². The molecule has 0 fully saturated rings. The Balaban J connectivity index is 3.27. The SMILES string of the molecule is CCCCCN(CCCCC)C(=O)C(C#N)=Cc1cc(OC(=O)OC(C)CCCC)c(O)c([N+](=O)[O-])c1. The molecule has 1 amide bonds. The van der Waals surface area contributed by atoms with Gasteiger partial charge in [-0.3, -0.25) is 14.9 Å². The number of phenolic OH excluding ortho intramolecular Hbond substituents is 1. The maximum atomic E-state index is 13.2. The van der Waals surface area contributed by atoms with Crippen LogP contribution in [0.15, 0.2) is 17.7 Å². The Labute approximate surface area is 219 Å². The van der Waals surface area contributed by atoms with Crippen molar-refractivity contribution >= 4 is 23.8 Å². The number of nitro groups is 1. The molecular formula is C27H39N3O7. The summed E-state index contributed by atoms with van der Waals surface area (Å²) < 4.78 is 10.2. The van der Waals surface area contributed by atoms with Crippen molar-refractivity contribution in [3.8, 4) is 17.6 Å². The third-order valence-electron chi connectivity index (χ3n) is 5.74. The van der Waals surface area contributed by atoms with Crippen molar-refractivity contribution in [2.24, 2.45) is 0 Å². The fourth-order valence-corrected chi connectivity index (χ4v) is 3.64. The molecule has 0 aliphatic rings. The number of unbranched alkanes of at least 4 members (excludes halogenated alkanes) is 5. The number of aromatic hydroxyl groups is 1. The molecule has 0 saturated carbocycles. The molecule has 10 heteroatoms. The molecule has 10 nitrogen and oxygen atoms in total. The molecule has 1 aromatic carbocycles. The lowest BCUT2D eigenvalue weighted by Gasteiger charge is -2.22. The lowest BCUT2D eigenvalue weighted by molar-refractivity contribution is -0.385. The molecule has 1 unspecified atom stereocenters. The molecule has 0 bridgehead atoms. The van der Waals surface area contributed by atoms with Gasteiger partial charge in [-0.2, -0.15) is 5.26 Å². The van der Waals surface area contributed by atoms with E-state index in [1.807, 2.05) is 13.0 Å². The smallest absolute Gasteiger partial charge is 0.499 e. The fraction of sp³-hybridized carbons (Fsp3) is 0.593. The normalized spacial score (nSPS) is 11.9. The van der Waals surface area contributed by atoms with Crippen molar-refractivity contribution in [2.45, 2.75) is 91.6 Å². The van der Waals surface area contributed by atoms with Crippen molar-refractivity contribution in [3.63, 3.8) is 0 Å². The van der Waals surface area contributed by atoms with E-state index in [9.17, 15) is 30.1 Å². The van der Waals surface area contributed by atoms with E-state index < -0.39 is 40.3 Å². The Kier molecular flexibility index (Phi) is 14.4. The third kappa shape index (κ3) is 10.9. The summed E-state index contributed by atoms with van der Waals surface area (Å²) in [6, 6.07) is 4.06. The molecule has 0 heterocycles. The molecule has 1 atom stereocenters. The molecule has 0 aliphatic heterocycles. The van der Waals surface area contributed by atoms with Gasteiger partial charge in [0.25, 0.3) is 5.91 Å². The van der Waals surface area contributed by atoms with Gasteiger partial charge in [0.2, 0.25) is 5.75 Å². The van der Waals surface area contributed by atoms with E-state index in [1.165, 1.54) is 6.08 Å². The minimum Gasteiger partial charge on any atom is -0.499 e. The van der Waals surface area contributed by atoms with E-state index in [0.29, 0.717) is 19.5 Å². The summed E-state index contributed by atoms with van der Waals surface area (Å²) in [7, 11) is 0. The van der Waals surface area contributed by atoms with Gasteiger partial charge in [0.1, 0.15) is 17.7 Å². The summed E-state index contributed by atoms with van der Waals surface area (Å²) in [5.41, 5.74) is -0.893. The number of nitro benzene ring substituents is 1. The molecule has 0 spiro atoms. The Bertz CT molecular complexity index is 975. The van der Waals surface area contributed by atoms with E-state index in [4.69, 9.17) is 9.47 Å². The Hall–Kier alpha value is -3.61. The highest BCUT2D eigenvalue weighted by Gasteiger charge is 2.24. The van der Waals surface area contributed by atoms with Crippen LogP contribution in [0.2, 0.25) is 0 Å². The first-order valence-electron chi connectivity index (χ1n) is 13.0. The molecule has 204 valence electrons. The number of nitrogens with zero attached hydrogens (tertiary/aromatic N) is 3. The minimum atomic E-state index is -1.12. The van der Waals surface area contributed by atoms with Crippen LogP contribution >= 0.6 is 0 Å². The van der Waals surface area contributed by atoms with Gasteiger partial charge in [0.05, 0.1) is 4.92 Å². The second-order valence-electron chi connectivity index (χ2n) is 8.94. The van der Waals surface area contributed by atoms with Gasteiger partial charge in [0.15, 0.2) is 5.75 Å². The topological polar surface area (TPSA) is 143 Å². The van der Waals surface area contributed by atoms with Crippen molar-refractivity contribution < 1.29 is 29.1 Å². The average Bonchev–Trinajstić information content (AvgIpc) is 2.86. The van der Waals surface area contributed by atoms with Crippen molar-refractivity contribution in [1.29, 1.82) is 5.26 Å². The lowest BCUT2D eigenvalue weighted by Crippen LogP contribution is -2.33. The second kappa shape index (κ2) is 17.0. The van der Waals surface area contributed by atoms with Crippen LogP contribution in [0.3, 0.4) is 0 Å². The zero-order chi connectivity index (χ0) is 27.8. The zero-order valence-electron chi connectivity index (χ0n) is 22.3. The Morgan fingerprint density at radius 2 is 1.70 bits per heavy atom. The highest BCUT2D eigenvalue weighted by Crippen LogP contribution is 2.38. The molecule has 0 aliphatic carbocycles. The number of phenols is 1. The van der Waals surface area contributed by atoms with E-state index in [-0.39, 0.29) is 11.1 Å². The van der Waals surface area contributed by atoms with Gasteiger partial charge in [-0.25, -0.2) is 4.79 Å². The van der Waals surface area contributed by atoms with Crippen LogP contribution in [-0.2, 0) is 9.53 Å². The van der Waals surface area contributed by atoms with Crippen molar-refractivity contribution in [2.75, 3.05) is 13.1 Å². The molecular weight excluding hydrogens is 478 g/mol. The van der Waals surface area contributed by atoms with E-state index in [0.717, 1.165) is 63.5 Å². The van der Waals surface area contributed by atoms with Gasteiger partial charge in [-0.1, -0.05) is 59.3 Å². The van der Waals surface area contributed by atoms with Crippen LogP contribution in [-0.4, -0.2) is 46.2 Å². The number of hydrogen-bond acceptors (Lipinski definition) is 8. The Morgan fingerprint density at radius 1 is 1.11 bits per heavy atom. The van der Waals surface area contributed by atoms with Crippen LogP contribution in [0.1, 0.15) is 91.0 Å². The fourth-order valence-electron chi connectivity index (χ4n) is 3.64. The zero-order valence-corrected chi connectivity index (χ0v) is 22.3. The number of carbonyl (C=O) groups is 2. The number of rotatable bonds is 16. The Morgan fingerprint density at radius 3 is 2.22 bits per heavy atom. The molecule has 1 aromatic rings. The quantitative estimate of drug-likeness (QED) is 0.0497. The summed E-state index contributed by atoms with van der Waals surface area (Å²) in [6.07, 6.45) is 7.46.